The van der Waals surface area contributed by atoms with E-state index in [9.17, 15) is 0 Å². The normalized spacial score (nSPS) is 12.5. The van der Waals surface area contributed by atoms with E-state index in [1.165, 1.54) is 103 Å². The molecule has 0 bridgehead atoms. The van der Waals surface area contributed by atoms with Gasteiger partial charge in [0.25, 0.3) is 0 Å². The molecule has 0 N–H and O–H groups in total. The van der Waals surface area contributed by atoms with Crippen LogP contribution >= 0.6 is 9.29 Å². The summed E-state index contributed by atoms with van der Waals surface area (Å²) in [6, 6.07) is 0. The molecule has 0 aliphatic carbocycles. The summed E-state index contributed by atoms with van der Waals surface area (Å²) in [5, 5.41) is 0. The van der Waals surface area contributed by atoms with Crippen LogP contribution in [0.25, 0.3) is 0 Å². The van der Waals surface area contributed by atoms with Crippen molar-refractivity contribution < 1.29 is 0 Å². The van der Waals surface area contributed by atoms with Gasteiger partial charge in [-0.05, 0) is 0 Å². The zero-order valence-electron chi connectivity index (χ0n) is 19.2. The fourth-order valence-electron chi connectivity index (χ4n) is 5.01. The van der Waals surface area contributed by atoms with Crippen molar-refractivity contribution in [1.82, 2.24) is 0 Å². The summed E-state index contributed by atoms with van der Waals surface area (Å²) < 4.78 is 1.21. The van der Waals surface area contributed by atoms with Gasteiger partial charge >= 0.3 is 178 Å². The summed E-state index contributed by atoms with van der Waals surface area (Å²) in [5.41, 5.74) is 0. The molecule has 0 aromatic rings. The summed E-state index contributed by atoms with van der Waals surface area (Å²) in [6.07, 6.45) is 22.4. The molecule has 0 aromatic carbocycles. The second-order valence-electron chi connectivity index (χ2n) is 8.80. The summed E-state index contributed by atoms with van der Waals surface area (Å²) >= 11 is -2.01. The molecule has 2 heteroatoms. The summed E-state index contributed by atoms with van der Waals surface area (Å²) in [4.78, 5) is 0. The van der Waals surface area contributed by atoms with E-state index >= 15 is 0 Å². The average Bonchev–Trinajstić information content (AvgIpc) is 2.66. The predicted molar refractivity (Wildman–Crippen MR) is 127 cm³/mol. The number of hydrogen-bond donors (Lipinski definition) is 0. The molecule has 0 fully saturated rings. The van der Waals surface area contributed by atoms with Crippen LogP contribution in [0.4, 0.5) is 0 Å². The van der Waals surface area contributed by atoms with Gasteiger partial charge in [-0.1, -0.05) is 0 Å². The zero-order chi connectivity index (χ0) is 19.9. The molecule has 0 aliphatic heterocycles. The van der Waals surface area contributed by atoms with E-state index in [0.717, 1.165) is 0 Å². The monoisotopic (exact) mass is 490 g/mol. The molecule has 26 heavy (non-hydrogen) atoms. The third-order valence-corrected chi connectivity index (χ3v) is 22.0. The van der Waals surface area contributed by atoms with Gasteiger partial charge in [0, 0.05) is 0 Å². The fourth-order valence-corrected chi connectivity index (χ4v) is 19.7. The molecular weight excluding hydrogens is 439 g/mol. The number of unbranched alkanes of at least 4 members (excludes halogenated alkanes) is 4. The second kappa shape index (κ2) is 15.9. The van der Waals surface area contributed by atoms with Crippen LogP contribution in [0.1, 0.15) is 144 Å². The Hall–Kier alpha value is 1.02. The summed E-state index contributed by atoms with van der Waals surface area (Å²) in [7, 11) is 6.79. The Morgan fingerprint density at radius 1 is 0.462 bits per heavy atom. The van der Waals surface area contributed by atoms with Crippen molar-refractivity contribution in [2.45, 2.75) is 151 Å². The van der Waals surface area contributed by atoms with Gasteiger partial charge in [0.2, 0.25) is 0 Å². The van der Waals surface area contributed by atoms with Gasteiger partial charge in [-0.15, -0.1) is 0 Å². The van der Waals surface area contributed by atoms with Crippen LogP contribution in [-0.4, -0.2) is 17.8 Å². The molecular formula is C24H50SSn. The number of rotatable bonds is 18. The van der Waals surface area contributed by atoms with Crippen LogP contribution in [0.5, 0.6) is 0 Å². The van der Waals surface area contributed by atoms with Crippen LogP contribution in [-0.2, 0) is 0 Å². The van der Waals surface area contributed by atoms with E-state index in [1.807, 2.05) is 0 Å². The summed E-state index contributed by atoms with van der Waals surface area (Å²) in [5.74, 6) is 0. The first-order valence-electron chi connectivity index (χ1n) is 12.1. The topological polar surface area (TPSA) is 0 Å². The molecule has 0 spiro atoms. The van der Waals surface area contributed by atoms with Gasteiger partial charge in [-0.25, -0.2) is 0 Å². The second-order valence-corrected chi connectivity index (χ2v) is 19.5. The molecule has 156 valence electrons. The first-order valence-corrected chi connectivity index (χ1v) is 18.8. The standard InChI is InChI=1S/2C12H25.S.Sn/c2*1-4-7-10-12(9-6-3)11-8-5-2;;/h2*4-11H2,1-3H3;;. The molecule has 0 nitrogen and oxygen atoms in total. The Bertz CT molecular complexity index is 302. The van der Waals surface area contributed by atoms with E-state index in [-0.39, 0.29) is 0 Å². The third-order valence-electron chi connectivity index (χ3n) is 6.46. The predicted octanol–water partition coefficient (Wildman–Crippen LogP) is 10.0. The molecule has 0 saturated heterocycles. The van der Waals surface area contributed by atoms with E-state index < -0.39 is 17.8 Å². The Labute approximate surface area is 177 Å². The third kappa shape index (κ3) is 8.58. The zero-order valence-corrected chi connectivity index (χ0v) is 22.9. The van der Waals surface area contributed by atoms with Gasteiger partial charge in [-0.2, -0.15) is 0 Å². The van der Waals surface area contributed by atoms with Crippen molar-refractivity contribution in [1.29, 1.82) is 0 Å². The van der Waals surface area contributed by atoms with Gasteiger partial charge in [0.05, 0.1) is 0 Å². The maximum absolute atomic E-state index is 6.79. The average molecular weight is 489 g/mol. The molecule has 0 amide bonds. The van der Waals surface area contributed by atoms with Gasteiger partial charge in [0.15, 0.2) is 0 Å². The van der Waals surface area contributed by atoms with Crippen LogP contribution in [0, 0.1) is 0 Å². The molecule has 0 saturated carbocycles. The first-order chi connectivity index (χ1) is 12.5. The Kier molecular flexibility index (Phi) is 16.5. The van der Waals surface area contributed by atoms with Crippen molar-refractivity contribution >= 4 is 27.1 Å². The summed E-state index contributed by atoms with van der Waals surface area (Å²) in [6.45, 7) is 14.3. The molecule has 0 aliphatic rings. The van der Waals surface area contributed by atoms with E-state index in [0.29, 0.717) is 6.86 Å². The minimum atomic E-state index is -2.01. The van der Waals surface area contributed by atoms with E-state index in [1.54, 1.807) is 0 Å². The van der Waals surface area contributed by atoms with Gasteiger partial charge < -0.3 is 0 Å². The van der Waals surface area contributed by atoms with Crippen molar-refractivity contribution in [2.24, 2.45) is 0 Å². The molecule has 0 unspecified atom stereocenters. The quantitative estimate of drug-likeness (QED) is 0.173. The molecule has 0 rings (SSSR count). The molecule has 0 aromatic heterocycles. The van der Waals surface area contributed by atoms with Crippen molar-refractivity contribution in [2.75, 3.05) is 0 Å². The minimum absolute atomic E-state index is 0.606. The van der Waals surface area contributed by atoms with Crippen molar-refractivity contribution in [3.05, 3.63) is 0 Å². The first kappa shape index (κ1) is 27.0. The van der Waals surface area contributed by atoms with E-state index in [2.05, 4.69) is 41.5 Å². The Balaban J connectivity index is 5.90. The Morgan fingerprint density at radius 3 is 0.923 bits per heavy atom. The van der Waals surface area contributed by atoms with Crippen molar-refractivity contribution in [3.8, 4) is 0 Å². The Morgan fingerprint density at radius 2 is 0.731 bits per heavy atom. The number of hydrogen-bond acceptors (Lipinski definition) is 1. The van der Waals surface area contributed by atoms with E-state index in [4.69, 9.17) is 9.29 Å². The van der Waals surface area contributed by atoms with Crippen LogP contribution in [0.15, 0.2) is 0 Å². The maximum atomic E-state index is 6.79. The van der Waals surface area contributed by atoms with Gasteiger partial charge in [0.1, 0.15) is 0 Å². The van der Waals surface area contributed by atoms with Gasteiger partial charge in [-0.3, -0.25) is 0 Å². The SMILES string of the molecule is CCCC[C](CCC)(CCCC)[Sn](=[S])[C](CCC)(CCCC)CCCC. The molecule has 0 radical (unpaired) electrons. The van der Waals surface area contributed by atoms with Crippen LogP contribution < -0.4 is 0 Å². The van der Waals surface area contributed by atoms with Crippen molar-refractivity contribution in [3.63, 3.8) is 0 Å². The van der Waals surface area contributed by atoms with Crippen LogP contribution in [0.3, 0.4) is 0 Å². The fraction of sp³-hybridized carbons (Fsp3) is 1.00. The van der Waals surface area contributed by atoms with Crippen LogP contribution in [0.2, 0.25) is 6.86 Å². The molecule has 0 heterocycles. The molecule has 0 atom stereocenters.